The average Bonchev–Trinajstić information content (AvgIpc) is 3.06. The van der Waals surface area contributed by atoms with Crippen LogP contribution in [0.3, 0.4) is 0 Å². The summed E-state index contributed by atoms with van der Waals surface area (Å²) in [4.78, 5) is 3.04. The van der Waals surface area contributed by atoms with Gasteiger partial charge in [-0.1, -0.05) is 0 Å². The van der Waals surface area contributed by atoms with E-state index in [0.29, 0.717) is 35.9 Å². The van der Waals surface area contributed by atoms with Crippen molar-refractivity contribution < 1.29 is 26.7 Å². The minimum atomic E-state index is -3.70. The maximum Gasteiger partial charge on any atom is 0.277 e. The van der Waals surface area contributed by atoms with Crippen molar-refractivity contribution in [2.45, 2.75) is 38.1 Å². The lowest BCUT2D eigenvalue weighted by Crippen LogP contribution is -2.44. The maximum absolute atomic E-state index is 14.5. The van der Waals surface area contributed by atoms with Crippen LogP contribution in [-0.4, -0.2) is 37.7 Å². The van der Waals surface area contributed by atoms with Gasteiger partial charge in [0.25, 0.3) is 10.2 Å². The molecule has 1 unspecified atom stereocenters. The van der Waals surface area contributed by atoms with Crippen molar-refractivity contribution in [3.8, 4) is 11.3 Å². The Morgan fingerprint density at radius 2 is 1.82 bits per heavy atom. The zero-order valence-electron chi connectivity index (χ0n) is 18.0. The quantitative estimate of drug-likeness (QED) is 0.373. The van der Waals surface area contributed by atoms with E-state index in [9.17, 15) is 21.6 Å². The van der Waals surface area contributed by atoms with E-state index < -0.39 is 33.7 Å². The summed E-state index contributed by atoms with van der Waals surface area (Å²) in [6.07, 6.45) is 1.58. The van der Waals surface area contributed by atoms with Crippen LogP contribution in [0.5, 0.6) is 0 Å². The van der Waals surface area contributed by atoms with Crippen LogP contribution in [0.15, 0.2) is 36.4 Å². The fourth-order valence-corrected chi connectivity index (χ4v) is 5.62. The Balaban J connectivity index is 1.53. The van der Waals surface area contributed by atoms with Crippen molar-refractivity contribution >= 4 is 21.1 Å². The van der Waals surface area contributed by atoms with E-state index in [-0.39, 0.29) is 30.5 Å². The van der Waals surface area contributed by atoms with Gasteiger partial charge in [-0.3, -0.25) is 0 Å². The zero-order chi connectivity index (χ0) is 23.8. The van der Waals surface area contributed by atoms with Gasteiger partial charge in [0.15, 0.2) is 0 Å². The van der Waals surface area contributed by atoms with E-state index in [1.54, 1.807) is 19.1 Å². The molecule has 10 heteroatoms. The van der Waals surface area contributed by atoms with Gasteiger partial charge in [-0.2, -0.15) is 13.1 Å². The third-order valence-corrected chi connectivity index (χ3v) is 7.38. The van der Waals surface area contributed by atoms with Crippen LogP contribution in [0.4, 0.5) is 13.2 Å². The molecule has 0 bridgehead atoms. The topological polar surface area (TPSA) is 94.2 Å². The molecule has 1 aliphatic carbocycles. The molecule has 4 N–H and O–H groups in total. The van der Waals surface area contributed by atoms with E-state index in [1.807, 2.05) is 0 Å². The number of hydrogen-bond donors (Lipinski definition) is 4. The molecule has 0 aliphatic heterocycles. The Morgan fingerprint density at radius 1 is 1.12 bits per heavy atom. The molecule has 1 aromatic heterocycles. The fourth-order valence-electron chi connectivity index (χ4n) is 4.43. The lowest BCUT2D eigenvalue weighted by atomic mass is 9.70. The lowest BCUT2D eigenvalue weighted by Gasteiger charge is -2.36. The molecule has 178 valence electrons. The van der Waals surface area contributed by atoms with Crippen molar-refractivity contribution in [3.63, 3.8) is 0 Å². The molecule has 1 atom stereocenters. The second-order valence-electron chi connectivity index (χ2n) is 8.65. The smallest absolute Gasteiger partial charge is 0.277 e. The lowest BCUT2D eigenvalue weighted by molar-refractivity contribution is 0.265. The number of benzene rings is 2. The molecule has 0 spiro atoms. The zero-order valence-corrected chi connectivity index (χ0v) is 18.9. The van der Waals surface area contributed by atoms with Gasteiger partial charge < -0.3 is 10.1 Å². The SMILES string of the molecule is CC(CCO)NS(=O)(=O)NC[C@H]1C[C@H](c2c(-c3ccc(F)cc3)[nH]c3c(F)cc(F)cc32)C1. The summed E-state index contributed by atoms with van der Waals surface area (Å²) in [5.41, 5.74) is 2.22. The molecular weight excluding hydrogens is 455 g/mol. The third-order valence-electron chi connectivity index (χ3n) is 6.12. The molecule has 3 aromatic rings. The molecule has 4 rings (SSSR count). The summed E-state index contributed by atoms with van der Waals surface area (Å²) in [5.74, 6) is -1.75. The number of rotatable bonds is 9. The minimum Gasteiger partial charge on any atom is -0.396 e. The first-order valence-corrected chi connectivity index (χ1v) is 12.3. The average molecular weight is 482 g/mol. The van der Waals surface area contributed by atoms with Gasteiger partial charge in [-0.25, -0.2) is 17.9 Å². The first-order valence-electron chi connectivity index (χ1n) is 10.8. The molecule has 6 nitrogen and oxygen atoms in total. The highest BCUT2D eigenvalue weighted by atomic mass is 32.2. The van der Waals surface area contributed by atoms with Gasteiger partial charge in [-0.15, -0.1) is 0 Å². The second kappa shape index (κ2) is 9.46. The number of H-pyrrole nitrogens is 1. The van der Waals surface area contributed by atoms with Gasteiger partial charge in [0.1, 0.15) is 17.5 Å². The molecule has 0 radical (unpaired) electrons. The summed E-state index contributed by atoms with van der Waals surface area (Å²) >= 11 is 0. The van der Waals surface area contributed by atoms with Crippen molar-refractivity contribution in [1.82, 2.24) is 14.4 Å². The molecule has 2 aromatic carbocycles. The number of hydrogen-bond acceptors (Lipinski definition) is 3. The number of halogens is 3. The standard InChI is InChI=1S/C23H26F3N3O3S/c1-13(6-7-30)29-33(31,32)27-12-14-8-16(9-14)21-19-10-18(25)11-20(26)23(19)28-22(21)15-2-4-17(24)5-3-15/h2-5,10-11,13-14,16,27-30H,6-9,12H2,1H3/t13?,14-,16-. The fraction of sp³-hybridized carbons (Fsp3) is 0.391. The number of fused-ring (bicyclic) bond motifs is 1. The molecule has 1 fully saturated rings. The monoisotopic (exact) mass is 481 g/mol. The Morgan fingerprint density at radius 3 is 2.48 bits per heavy atom. The number of aromatic nitrogens is 1. The van der Waals surface area contributed by atoms with Gasteiger partial charge in [0, 0.05) is 30.6 Å². The number of aliphatic hydroxyl groups is 1. The van der Waals surface area contributed by atoms with Crippen LogP contribution >= 0.6 is 0 Å². The molecule has 1 heterocycles. The van der Waals surface area contributed by atoms with Gasteiger partial charge in [0.2, 0.25) is 0 Å². The van der Waals surface area contributed by atoms with Crippen molar-refractivity contribution in [3.05, 3.63) is 59.4 Å². The van der Waals surface area contributed by atoms with E-state index in [0.717, 1.165) is 11.6 Å². The predicted molar refractivity (Wildman–Crippen MR) is 120 cm³/mol. The second-order valence-corrected chi connectivity index (χ2v) is 10.2. The van der Waals surface area contributed by atoms with Crippen LogP contribution in [0.1, 0.15) is 37.7 Å². The van der Waals surface area contributed by atoms with Gasteiger partial charge in [0.05, 0.1) is 11.2 Å². The number of nitrogens with one attached hydrogen (secondary N) is 3. The summed E-state index contributed by atoms with van der Waals surface area (Å²) in [6, 6.07) is 7.51. The Bertz CT molecular complexity index is 1240. The largest absolute Gasteiger partial charge is 0.396 e. The van der Waals surface area contributed by atoms with E-state index in [1.165, 1.54) is 18.2 Å². The normalized spacial score (nSPS) is 19.5. The molecule has 0 saturated heterocycles. The van der Waals surface area contributed by atoms with E-state index >= 15 is 0 Å². The van der Waals surface area contributed by atoms with Crippen LogP contribution in [0, 0.1) is 23.4 Å². The van der Waals surface area contributed by atoms with Crippen LogP contribution in [0.25, 0.3) is 22.2 Å². The minimum absolute atomic E-state index is 0.0317. The Kier molecular flexibility index (Phi) is 6.81. The Hall–Kier alpha value is -2.40. The molecule has 33 heavy (non-hydrogen) atoms. The summed E-state index contributed by atoms with van der Waals surface area (Å²) in [7, 11) is -3.70. The third kappa shape index (κ3) is 5.24. The van der Waals surface area contributed by atoms with Crippen molar-refractivity contribution in [1.29, 1.82) is 0 Å². The molecule has 1 saturated carbocycles. The first-order chi connectivity index (χ1) is 15.7. The number of aliphatic hydroxyl groups excluding tert-OH is 1. The highest BCUT2D eigenvalue weighted by Crippen LogP contribution is 2.48. The highest BCUT2D eigenvalue weighted by molar-refractivity contribution is 7.87. The van der Waals surface area contributed by atoms with Gasteiger partial charge in [-0.05, 0) is 79.5 Å². The highest BCUT2D eigenvalue weighted by Gasteiger charge is 2.35. The molecule has 1 aliphatic rings. The van der Waals surface area contributed by atoms with Crippen molar-refractivity contribution in [2.24, 2.45) is 5.92 Å². The number of aromatic amines is 1. The van der Waals surface area contributed by atoms with Crippen molar-refractivity contribution in [2.75, 3.05) is 13.2 Å². The molecular formula is C23H26F3N3O3S. The molecule has 0 amide bonds. The van der Waals surface area contributed by atoms with Crippen LogP contribution in [0.2, 0.25) is 0 Å². The summed E-state index contributed by atoms with van der Waals surface area (Å²) in [6.45, 7) is 1.78. The van der Waals surface area contributed by atoms with Gasteiger partial charge >= 0.3 is 0 Å². The van der Waals surface area contributed by atoms with E-state index in [2.05, 4.69) is 14.4 Å². The van der Waals surface area contributed by atoms with Crippen LogP contribution < -0.4 is 9.44 Å². The first kappa shape index (κ1) is 23.7. The summed E-state index contributed by atoms with van der Waals surface area (Å²) in [5, 5.41) is 9.36. The van der Waals surface area contributed by atoms with E-state index in [4.69, 9.17) is 5.11 Å². The van der Waals surface area contributed by atoms with Crippen LogP contribution in [-0.2, 0) is 10.2 Å². The summed E-state index contributed by atoms with van der Waals surface area (Å²) < 4.78 is 71.2. The predicted octanol–water partition coefficient (Wildman–Crippen LogP) is 3.94. The maximum atomic E-state index is 14.5. The Labute approximate surface area is 190 Å².